The second kappa shape index (κ2) is 6.89. The van der Waals surface area contributed by atoms with Crippen LogP contribution in [0, 0.1) is 5.92 Å². The van der Waals surface area contributed by atoms with E-state index in [1.165, 1.54) is 25.7 Å². The van der Waals surface area contributed by atoms with Crippen molar-refractivity contribution >= 4 is 5.91 Å². The minimum atomic E-state index is -0.0273. The van der Waals surface area contributed by atoms with Crippen molar-refractivity contribution in [3.8, 4) is 0 Å². The summed E-state index contributed by atoms with van der Waals surface area (Å²) in [5.41, 5.74) is 0. The number of nitrogens with zero attached hydrogens (tertiary/aromatic N) is 1. The van der Waals surface area contributed by atoms with E-state index in [0.717, 1.165) is 25.6 Å². The summed E-state index contributed by atoms with van der Waals surface area (Å²) in [4.78, 5) is 13.9. The standard InChI is InChI=1S/C13H26N2O/c1-4-15(5-2)13(16)11(3)14-10-12-8-6-7-9-12/h11-12,14H,4-10H2,1-3H3. The summed E-state index contributed by atoms with van der Waals surface area (Å²) in [7, 11) is 0. The lowest BCUT2D eigenvalue weighted by Crippen LogP contribution is -2.45. The third-order valence-corrected chi connectivity index (χ3v) is 3.63. The average Bonchev–Trinajstić information content (AvgIpc) is 2.80. The number of likely N-dealkylation sites (N-methyl/N-ethyl adjacent to an activating group) is 1. The molecule has 1 rings (SSSR count). The number of rotatable bonds is 6. The summed E-state index contributed by atoms with van der Waals surface area (Å²) in [6.45, 7) is 8.68. The van der Waals surface area contributed by atoms with Crippen molar-refractivity contribution in [3.63, 3.8) is 0 Å². The predicted octanol–water partition coefficient (Wildman–Crippen LogP) is 2.02. The summed E-state index contributed by atoms with van der Waals surface area (Å²) in [5.74, 6) is 1.04. The Morgan fingerprint density at radius 1 is 1.31 bits per heavy atom. The smallest absolute Gasteiger partial charge is 0.239 e. The Bertz CT molecular complexity index is 208. The van der Waals surface area contributed by atoms with E-state index in [9.17, 15) is 4.79 Å². The van der Waals surface area contributed by atoms with Gasteiger partial charge in [-0.2, -0.15) is 0 Å². The molecule has 0 aliphatic heterocycles. The Hall–Kier alpha value is -0.570. The van der Waals surface area contributed by atoms with Crippen LogP contribution in [-0.2, 0) is 4.79 Å². The van der Waals surface area contributed by atoms with Gasteiger partial charge in [0.2, 0.25) is 5.91 Å². The number of nitrogens with one attached hydrogen (secondary N) is 1. The molecule has 0 aromatic carbocycles. The fourth-order valence-electron chi connectivity index (χ4n) is 2.45. The fourth-order valence-corrected chi connectivity index (χ4v) is 2.45. The molecular formula is C13H26N2O. The maximum atomic E-state index is 12.0. The summed E-state index contributed by atoms with van der Waals surface area (Å²) < 4.78 is 0. The van der Waals surface area contributed by atoms with E-state index in [1.54, 1.807) is 0 Å². The highest BCUT2D eigenvalue weighted by Gasteiger charge is 2.20. The number of hydrogen-bond acceptors (Lipinski definition) is 2. The van der Waals surface area contributed by atoms with Crippen molar-refractivity contribution in [2.24, 2.45) is 5.92 Å². The van der Waals surface area contributed by atoms with Crippen molar-refractivity contribution < 1.29 is 4.79 Å². The van der Waals surface area contributed by atoms with Crippen LogP contribution in [0.4, 0.5) is 0 Å². The van der Waals surface area contributed by atoms with E-state index in [2.05, 4.69) is 5.32 Å². The lowest BCUT2D eigenvalue weighted by Gasteiger charge is -2.24. The minimum Gasteiger partial charge on any atom is -0.342 e. The van der Waals surface area contributed by atoms with Gasteiger partial charge in [0.05, 0.1) is 6.04 Å². The minimum absolute atomic E-state index is 0.0273. The monoisotopic (exact) mass is 226 g/mol. The van der Waals surface area contributed by atoms with E-state index < -0.39 is 0 Å². The van der Waals surface area contributed by atoms with Gasteiger partial charge in [-0.05, 0) is 46.1 Å². The van der Waals surface area contributed by atoms with Gasteiger partial charge < -0.3 is 10.2 Å². The molecule has 0 bridgehead atoms. The molecule has 1 unspecified atom stereocenters. The van der Waals surface area contributed by atoms with E-state index in [0.29, 0.717) is 0 Å². The maximum absolute atomic E-state index is 12.0. The Kier molecular flexibility index (Phi) is 5.81. The number of carbonyl (C=O) groups is 1. The molecule has 0 saturated heterocycles. The topological polar surface area (TPSA) is 32.3 Å². The van der Waals surface area contributed by atoms with Gasteiger partial charge in [0.1, 0.15) is 0 Å². The first kappa shape index (κ1) is 13.5. The van der Waals surface area contributed by atoms with Gasteiger partial charge in [-0.1, -0.05) is 12.8 Å². The van der Waals surface area contributed by atoms with Crippen LogP contribution in [0.3, 0.4) is 0 Å². The molecule has 3 nitrogen and oxygen atoms in total. The SMILES string of the molecule is CCN(CC)C(=O)C(C)NCC1CCCC1. The summed E-state index contributed by atoms with van der Waals surface area (Å²) in [6, 6.07) is -0.0273. The van der Waals surface area contributed by atoms with Crippen molar-refractivity contribution in [1.29, 1.82) is 0 Å². The molecule has 1 aliphatic rings. The Morgan fingerprint density at radius 3 is 2.38 bits per heavy atom. The Labute approximate surface area is 99.6 Å². The van der Waals surface area contributed by atoms with Gasteiger partial charge in [-0.15, -0.1) is 0 Å². The lowest BCUT2D eigenvalue weighted by atomic mass is 10.1. The first-order valence-corrected chi connectivity index (χ1v) is 6.71. The molecule has 1 saturated carbocycles. The molecule has 1 fully saturated rings. The highest BCUT2D eigenvalue weighted by molar-refractivity contribution is 5.81. The molecule has 3 heteroatoms. The molecule has 0 heterocycles. The quantitative estimate of drug-likeness (QED) is 0.751. The van der Waals surface area contributed by atoms with Gasteiger partial charge in [0.25, 0.3) is 0 Å². The molecule has 0 aromatic heterocycles. The van der Waals surface area contributed by atoms with Crippen molar-refractivity contribution in [2.45, 2.75) is 52.5 Å². The zero-order valence-corrected chi connectivity index (χ0v) is 11.0. The molecule has 0 spiro atoms. The normalized spacial score (nSPS) is 18.7. The van der Waals surface area contributed by atoms with Crippen LogP contribution in [0.1, 0.15) is 46.5 Å². The zero-order valence-electron chi connectivity index (χ0n) is 11.0. The third-order valence-electron chi connectivity index (χ3n) is 3.63. The maximum Gasteiger partial charge on any atom is 0.239 e. The van der Waals surface area contributed by atoms with Crippen LogP contribution in [-0.4, -0.2) is 36.5 Å². The zero-order chi connectivity index (χ0) is 12.0. The second-order valence-electron chi connectivity index (χ2n) is 4.79. The van der Waals surface area contributed by atoms with Crippen LogP contribution >= 0.6 is 0 Å². The Balaban J connectivity index is 2.27. The van der Waals surface area contributed by atoms with E-state index >= 15 is 0 Å². The summed E-state index contributed by atoms with van der Waals surface area (Å²) in [6.07, 6.45) is 5.40. The van der Waals surface area contributed by atoms with Crippen molar-refractivity contribution in [3.05, 3.63) is 0 Å². The predicted molar refractivity (Wildman–Crippen MR) is 67.4 cm³/mol. The Morgan fingerprint density at radius 2 is 1.88 bits per heavy atom. The van der Waals surface area contributed by atoms with E-state index in [4.69, 9.17) is 0 Å². The molecule has 0 aromatic rings. The molecule has 16 heavy (non-hydrogen) atoms. The van der Waals surface area contributed by atoms with Crippen molar-refractivity contribution in [1.82, 2.24) is 10.2 Å². The van der Waals surface area contributed by atoms with Crippen LogP contribution in [0.15, 0.2) is 0 Å². The van der Waals surface area contributed by atoms with Gasteiger partial charge in [0.15, 0.2) is 0 Å². The molecular weight excluding hydrogens is 200 g/mol. The van der Waals surface area contributed by atoms with Crippen LogP contribution in [0.5, 0.6) is 0 Å². The number of amides is 1. The highest BCUT2D eigenvalue weighted by atomic mass is 16.2. The van der Waals surface area contributed by atoms with E-state index in [1.807, 2.05) is 25.7 Å². The summed E-state index contributed by atoms with van der Waals surface area (Å²) >= 11 is 0. The molecule has 1 atom stereocenters. The fraction of sp³-hybridized carbons (Fsp3) is 0.923. The van der Waals surface area contributed by atoms with Gasteiger partial charge in [-0.3, -0.25) is 4.79 Å². The summed E-state index contributed by atoms with van der Waals surface area (Å²) in [5, 5.41) is 3.38. The van der Waals surface area contributed by atoms with Gasteiger partial charge >= 0.3 is 0 Å². The molecule has 0 radical (unpaired) electrons. The molecule has 1 aliphatic carbocycles. The highest BCUT2D eigenvalue weighted by Crippen LogP contribution is 2.23. The van der Waals surface area contributed by atoms with Gasteiger partial charge in [-0.25, -0.2) is 0 Å². The van der Waals surface area contributed by atoms with Crippen LogP contribution < -0.4 is 5.32 Å². The lowest BCUT2D eigenvalue weighted by molar-refractivity contribution is -0.132. The first-order chi connectivity index (χ1) is 7.69. The first-order valence-electron chi connectivity index (χ1n) is 6.71. The number of hydrogen-bond donors (Lipinski definition) is 1. The van der Waals surface area contributed by atoms with Crippen LogP contribution in [0.2, 0.25) is 0 Å². The number of carbonyl (C=O) groups excluding carboxylic acids is 1. The molecule has 1 amide bonds. The second-order valence-corrected chi connectivity index (χ2v) is 4.79. The van der Waals surface area contributed by atoms with E-state index in [-0.39, 0.29) is 11.9 Å². The van der Waals surface area contributed by atoms with Crippen LogP contribution in [0.25, 0.3) is 0 Å². The largest absolute Gasteiger partial charge is 0.342 e. The molecule has 94 valence electrons. The van der Waals surface area contributed by atoms with Gasteiger partial charge in [0, 0.05) is 13.1 Å². The third kappa shape index (κ3) is 3.78. The van der Waals surface area contributed by atoms with Crippen molar-refractivity contribution in [2.75, 3.05) is 19.6 Å². The molecule has 1 N–H and O–H groups in total. The average molecular weight is 226 g/mol.